The van der Waals surface area contributed by atoms with Gasteiger partial charge >= 0.3 is 0 Å². The van der Waals surface area contributed by atoms with E-state index in [9.17, 15) is 24.1 Å². The first kappa shape index (κ1) is 19.7. The van der Waals surface area contributed by atoms with Crippen LogP contribution < -0.4 is 10.6 Å². The summed E-state index contributed by atoms with van der Waals surface area (Å²) in [6, 6.07) is 11.0. The first-order chi connectivity index (χ1) is 13.8. The molecule has 0 atom stereocenters. The van der Waals surface area contributed by atoms with Crippen LogP contribution in [0.5, 0.6) is 0 Å². The van der Waals surface area contributed by atoms with Crippen molar-refractivity contribution in [1.29, 1.82) is 0 Å². The molecule has 2 N–H and O–H groups in total. The highest BCUT2D eigenvalue weighted by molar-refractivity contribution is 6.05. The molecule has 2 aromatic carbocycles. The van der Waals surface area contributed by atoms with Crippen LogP contribution in [0.25, 0.3) is 0 Å². The summed E-state index contributed by atoms with van der Waals surface area (Å²) in [6.07, 6.45) is 1.12. The van der Waals surface area contributed by atoms with E-state index in [1.807, 2.05) is 0 Å². The fraction of sp³-hybridized carbons (Fsp3) is 0.100. The number of carbonyl (C=O) groups is 2. The van der Waals surface area contributed by atoms with Crippen LogP contribution in [-0.4, -0.2) is 16.7 Å². The van der Waals surface area contributed by atoms with Crippen LogP contribution in [0.15, 0.2) is 59.2 Å². The van der Waals surface area contributed by atoms with E-state index in [1.54, 1.807) is 13.0 Å². The van der Waals surface area contributed by atoms with E-state index >= 15 is 0 Å². The van der Waals surface area contributed by atoms with Gasteiger partial charge in [-0.3, -0.25) is 19.7 Å². The van der Waals surface area contributed by atoms with Gasteiger partial charge in [0.25, 0.3) is 11.6 Å². The number of hydrogen-bond acceptors (Lipinski definition) is 5. The first-order valence-electron chi connectivity index (χ1n) is 8.52. The largest absolute Gasteiger partial charge is 0.469 e. The maximum absolute atomic E-state index is 14.1. The summed E-state index contributed by atoms with van der Waals surface area (Å²) in [5.41, 5.74) is 0.453. The lowest BCUT2D eigenvalue weighted by Gasteiger charge is -2.10. The lowest BCUT2D eigenvalue weighted by atomic mass is 10.1. The highest BCUT2D eigenvalue weighted by Gasteiger charge is 2.17. The molecule has 0 saturated carbocycles. The van der Waals surface area contributed by atoms with E-state index in [0.29, 0.717) is 5.76 Å². The minimum Gasteiger partial charge on any atom is -0.469 e. The SMILES string of the molecule is Cc1occc1C(=O)Nc1cc(NC(=O)Cc2ccccc2[N+](=O)[O-])ccc1F. The monoisotopic (exact) mass is 397 g/mol. The summed E-state index contributed by atoms with van der Waals surface area (Å²) in [6.45, 7) is 1.60. The number of furan rings is 1. The number of nitro benzene ring substituents is 1. The van der Waals surface area contributed by atoms with Crippen molar-refractivity contribution in [3.8, 4) is 0 Å². The second kappa shape index (κ2) is 8.34. The maximum Gasteiger partial charge on any atom is 0.273 e. The molecule has 148 valence electrons. The first-order valence-corrected chi connectivity index (χ1v) is 8.52. The molecular weight excluding hydrogens is 381 g/mol. The van der Waals surface area contributed by atoms with Crippen molar-refractivity contribution >= 4 is 28.9 Å². The van der Waals surface area contributed by atoms with E-state index in [-0.39, 0.29) is 34.6 Å². The third kappa shape index (κ3) is 4.64. The Morgan fingerprint density at radius 2 is 1.90 bits per heavy atom. The molecule has 0 bridgehead atoms. The van der Waals surface area contributed by atoms with E-state index in [2.05, 4.69) is 10.6 Å². The molecule has 29 heavy (non-hydrogen) atoms. The zero-order valence-corrected chi connectivity index (χ0v) is 15.3. The van der Waals surface area contributed by atoms with Crippen LogP contribution in [0, 0.1) is 22.9 Å². The number of halogens is 1. The number of amides is 2. The summed E-state index contributed by atoms with van der Waals surface area (Å²) >= 11 is 0. The van der Waals surface area contributed by atoms with Gasteiger partial charge in [0.15, 0.2) is 0 Å². The minimum absolute atomic E-state index is 0.126. The standard InChI is InChI=1S/C20H16FN3O5/c1-12-15(8-9-29-12)20(26)23-17-11-14(6-7-16(17)21)22-19(25)10-13-4-2-3-5-18(13)24(27)28/h2-9,11H,10H2,1H3,(H,22,25)(H,23,26). The summed E-state index contributed by atoms with van der Waals surface area (Å²) in [5, 5.41) is 16.0. The van der Waals surface area contributed by atoms with Gasteiger partial charge in [-0.2, -0.15) is 0 Å². The Morgan fingerprint density at radius 1 is 1.14 bits per heavy atom. The summed E-state index contributed by atoms with van der Waals surface area (Å²) in [7, 11) is 0. The Balaban J connectivity index is 1.73. The Labute approximate surface area is 164 Å². The van der Waals surface area contributed by atoms with Gasteiger partial charge in [0.1, 0.15) is 11.6 Å². The Hall–Kier alpha value is -4.01. The molecule has 1 heterocycles. The molecule has 1 aromatic heterocycles. The van der Waals surface area contributed by atoms with Crippen LogP contribution in [0.2, 0.25) is 0 Å². The van der Waals surface area contributed by atoms with Crippen LogP contribution in [0.1, 0.15) is 21.7 Å². The molecule has 0 radical (unpaired) electrons. The lowest BCUT2D eigenvalue weighted by molar-refractivity contribution is -0.385. The predicted octanol–water partition coefficient (Wildman–Crippen LogP) is 4.07. The third-order valence-corrected chi connectivity index (χ3v) is 4.14. The number of aryl methyl sites for hydroxylation is 1. The molecule has 0 unspecified atom stereocenters. The fourth-order valence-corrected chi connectivity index (χ4v) is 2.73. The van der Waals surface area contributed by atoms with Crippen LogP contribution in [0.3, 0.4) is 0 Å². The topological polar surface area (TPSA) is 114 Å². The molecule has 3 aromatic rings. The number of anilines is 2. The number of para-hydroxylation sites is 1. The van der Waals surface area contributed by atoms with Gasteiger partial charge in [-0.15, -0.1) is 0 Å². The number of nitrogens with one attached hydrogen (secondary N) is 2. The highest BCUT2D eigenvalue weighted by Crippen LogP contribution is 2.23. The minimum atomic E-state index is -0.684. The number of carbonyl (C=O) groups excluding carboxylic acids is 2. The van der Waals surface area contributed by atoms with Crippen molar-refractivity contribution in [3.63, 3.8) is 0 Å². The molecule has 0 spiro atoms. The van der Waals surface area contributed by atoms with Gasteiger partial charge in [-0.05, 0) is 31.2 Å². The molecular formula is C20H16FN3O5. The van der Waals surface area contributed by atoms with Crippen molar-refractivity contribution < 1.29 is 23.3 Å². The lowest BCUT2D eigenvalue weighted by Crippen LogP contribution is -2.16. The van der Waals surface area contributed by atoms with Crippen LogP contribution in [-0.2, 0) is 11.2 Å². The average Bonchev–Trinajstić information content (AvgIpc) is 3.10. The third-order valence-electron chi connectivity index (χ3n) is 4.14. The van der Waals surface area contributed by atoms with Gasteiger partial charge in [-0.25, -0.2) is 4.39 Å². The molecule has 0 aliphatic rings. The van der Waals surface area contributed by atoms with E-state index in [0.717, 1.165) is 6.07 Å². The van der Waals surface area contributed by atoms with E-state index in [4.69, 9.17) is 4.42 Å². The Morgan fingerprint density at radius 3 is 2.59 bits per heavy atom. The highest BCUT2D eigenvalue weighted by atomic mass is 19.1. The molecule has 2 amide bonds. The van der Waals surface area contributed by atoms with Crippen molar-refractivity contribution in [3.05, 3.63) is 87.6 Å². The van der Waals surface area contributed by atoms with Crippen molar-refractivity contribution in [2.45, 2.75) is 13.3 Å². The number of rotatable bonds is 6. The van der Waals surface area contributed by atoms with Gasteiger partial charge < -0.3 is 15.1 Å². The molecule has 0 saturated heterocycles. The molecule has 0 aliphatic carbocycles. The quantitative estimate of drug-likeness (QED) is 0.481. The van der Waals surface area contributed by atoms with E-state index < -0.39 is 22.6 Å². The van der Waals surface area contributed by atoms with Crippen molar-refractivity contribution in [2.75, 3.05) is 10.6 Å². The molecule has 0 fully saturated rings. The second-order valence-corrected chi connectivity index (χ2v) is 6.15. The summed E-state index contributed by atoms with van der Waals surface area (Å²) in [5.74, 6) is -1.37. The van der Waals surface area contributed by atoms with Crippen LogP contribution >= 0.6 is 0 Å². The van der Waals surface area contributed by atoms with Gasteiger partial charge in [0.05, 0.1) is 28.9 Å². The Bertz CT molecular complexity index is 1090. The fourth-order valence-electron chi connectivity index (χ4n) is 2.73. The van der Waals surface area contributed by atoms with Crippen LogP contribution in [0.4, 0.5) is 21.5 Å². The Kier molecular flexibility index (Phi) is 5.68. The number of nitro groups is 1. The molecule has 3 rings (SSSR count). The normalized spacial score (nSPS) is 10.4. The maximum atomic E-state index is 14.1. The van der Waals surface area contributed by atoms with Gasteiger partial charge in [-0.1, -0.05) is 18.2 Å². The second-order valence-electron chi connectivity index (χ2n) is 6.15. The number of hydrogen-bond donors (Lipinski definition) is 2. The zero-order valence-electron chi connectivity index (χ0n) is 15.3. The van der Waals surface area contributed by atoms with Crippen molar-refractivity contribution in [2.24, 2.45) is 0 Å². The molecule has 0 aliphatic heterocycles. The summed E-state index contributed by atoms with van der Waals surface area (Å²) < 4.78 is 19.1. The van der Waals surface area contributed by atoms with Crippen molar-refractivity contribution in [1.82, 2.24) is 0 Å². The zero-order chi connectivity index (χ0) is 21.0. The van der Waals surface area contributed by atoms with E-state index in [1.165, 1.54) is 42.7 Å². The number of benzene rings is 2. The smallest absolute Gasteiger partial charge is 0.273 e. The summed E-state index contributed by atoms with van der Waals surface area (Å²) in [4.78, 5) is 35.0. The van der Waals surface area contributed by atoms with Gasteiger partial charge in [0.2, 0.25) is 5.91 Å². The average molecular weight is 397 g/mol. The molecule has 8 nitrogen and oxygen atoms in total. The predicted molar refractivity (Wildman–Crippen MR) is 103 cm³/mol. The molecule has 9 heteroatoms. The number of nitrogens with zero attached hydrogens (tertiary/aromatic N) is 1. The van der Waals surface area contributed by atoms with Gasteiger partial charge in [0, 0.05) is 17.3 Å².